The summed E-state index contributed by atoms with van der Waals surface area (Å²) in [6.45, 7) is 1.94. The summed E-state index contributed by atoms with van der Waals surface area (Å²) in [7, 11) is 1.61. The van der Waals surface area contributed by atoms with E-state index in [-0.39, 0.29) is 5.57 Å². The number of nitrogens with zero attached hydrogens (tertiary/aromatic N) is 2. The topological polar surface area (TPSA) is 67.0 Å². The fraction of sp³-hybridized carbons (Fsp3) is 0.0909. The molecule has 0 spiro atoms. The Morgan fingerprint density at radius 3 is 2.46 bits per heavy atom. The van der Waals surface area contributed by atoms with Crippen LogP contribution in [0.15, 0.2) is 66.4 Å². The Morgan fingerprint density at radius 1 is 1.18 bits per heavy atom. The van der Waals surface area contributed by atoms with Gasteiger partial charge in [0, 0.05) is 23.3 Å². The lowest BCUT2D eigenvalue weighted by Crippen LogP contribution is -2.13. The predicted octanol–water partition coefficient (Wildman–Crippen LogP) is 4.48. The lowest BCUT2D eigenvalue weighted by atomic mass is 10.2. The van der Waals surface area contributed by atoms with Crippen LogP contribution in [0.2, 0.25) is 0 Å². The molecule has 0 aliphatic carbocycles. The third kappa shape index (κ3) is 4.27. The number of ether oxygens (including phenoxy) is 1. The van der Waals surface area contributed by atoms with Crippen molar-refractivity contribution in [3.63, 3.8) is 0 Å². The Morgan fingerprint density at radius 2 is 1.86 bits per heavy atom. The molecule has 0 radical (unpaired) electrons. The van der Waals surface area contributed by atoms with E-state index in [0.29, 0.717) is 5.69 Å². The standard InChI is InChI=1S/C22H18FN3O2/c1-15-11-16(14-26(15)20-7-9-21(28-2)10-8-20)12-17(13-24)22(27)25-19-5-3-18(23)4-6-19/h3-12,14H,1-2H3,(H,25,27)/b17-12+. The average molecular weight is 375 g/mol. The number of carbonyl (C=O) groups excluding carboxylic acids is 1. The van der Waals surface area contributed by atoms with Gasteiger partial charge in [0.05, 0.1) is 7.11 Å². The molecule has 28 heavy (non-hydrogen) atoms. The van der Waals surface area contributed by atoms with Crippen LogP contribution in [0.4, 0.5) is 10.1 Å². The van der Waals surface area contributed by atoms with Crippen LogP contribution in [0, 0.1) is 24.1 Å². The highest BCUT2D eigenvalue weighted by Gasteiger charge is 2.11. The maximum Gasteiger partial charge on any atom is 0.266 e. The lowest BCUT2D eigenvalue weighted by Gasteiger charge is -2.07. The number of hydrogen-bond acceptors (Lipinski definition) is 3. The summed E-state index contributed by atoms with van der Waals surface area (Å²) >= 11 is 0. The van der Waals surface area contributed by atoms with Crippen LogP contribution in [0.25, 0.3) is 11.8 Å². The van der Waals surface area contributed by atoms with Gasteiger partial charge in [-0.05, 0) is 73.2 Å². The third-order valence-corrected chi connectivity index (χ3v) is 4.16. The second kappa shape index (κ2) is 8.23. The number of nitrogens with one attached hydrogen (secondary N) is 1. The molecule has 0 saturated heterocycles. The minimum Gasteiger partial charge on any atom is -0.497 e. The third-order valence-electron chi connectivity index (χ3n) is 4.16. The second-order valence-electron chi connectivity index (χ2n) is 6.11. The van der Waals surface area contributed by atoms with E-state index in [1.165, 1.54) is 30.3 Å². The summed E-state index contributed by atoms with van der Waals surface area (Å²) < 4.78 is 20.1. The van der Waals surface area contributed by atoms with Gasteiger partial charge >= 0.3 is 0 Å². The number of aromatic nitrogens is 1. The van der Waals surface area contributed by atoms with E-state index in [1.54, 1.807) is 7.11 Å². The highest BCUT2D eigenvalue weighted by atomic mass is 19.1. The molecule has 0 aliphatic rings. The molecule has 0 fully saturated rings. The highest BCUT2D eigenvalue weighted by Crippen LogP contribution is 2.20. The lowest BCUT2D eigenvalue weighted by molar-refractivity contribution is -0.112. The van der Waals surface area contributed by atoms with Gasteiger partial charge in [0.2, 0.25) is 0 Å². The average Bonchev–Trinajstić information content (AvgIpc) is 3.08. The summed E-state index contributed by atoms with van der Waals surface area (Å²) in [6.07, 6.45) is 3.37. The highest BCUT2D eigenvalue weighted by molar-refractivity contribution is 6.09. The molecule has 3 rings (SSSR count). The summed E-state index contributed by atoms with van der Waals surface area (Å²) in [6, 6.07) is 16.7. The van der Waals surface area contributed by atoms with Gasteiger partial charge in [-0.3, -0.25) is 4.79 Å². The molecule has 1 aromatic heterocycles. The summed E-state index contributed by atoms with van der Waals surface area (Å²) in [5, 5.41) is 12.0. The maximum absolute atomic E-state index is 13.0. The molecule has 0 bridgehead atoms. The number of aryl methyl sites for hydroxylation is 1. The van der Waals surface area contributed by atoms with Crippen molar-refractivity contribution in [2.75, 3.05) is 12.4 Å². The smallest absolute Gasteiger partial charge is 0.266 e. The zero-order chi connectivity index (χ0) is 20.1. The van der Waals surface area contributed by atoms with E-state index in [1.807, 2.05) is 54.1 Å². The van der Waals surface area contributed by atoms with Crippen molar-refractivity contribution in [2.45, 2.75) is 6.92 Å². The maximum atomic E-state index is 13.0. The first-order chi connectivity index (χ1) is 13.5. The zero-order valence-corrected chi connectivity index (χ0v) is 15.4. The van der Waals surface area contributed by atoms with E-state index in [0.717, 1.165) is 22.7 Å². The van der Waals surface area contributed by atoms with E-state index in [9.17, 15) is 14.4 Å². The molecule has 1 heterocycles. The Hall–Kier alpha value is -3.85. The first kappa shape index (κ1) is 18.9. The van der Waals surface area contributed by atoms with Gasteiger partial charge in [0.25, 0.3) is 5.91 Å². The molecule has 0 unspecified atom stereocenters. The summed E-state index contributed by atoms with van der Waals surface area (Å²) in [5.74, 6) is -0.189. The zero-order valence-electron chi connectivity index (χ0n) is 15.4. The van der Waals surface area contributed by atoms with Gasteiger partial charge in [0.1, 0.15) is 23.2 Å². The number of methoxy groups -OCH3 is 1. The molecule has 2 aromatic carbocycles. The molecule has 140 valence electrons. The van der Waals surface area contributed by atoms with Gasteiger partial charge in [-0.25, -0.2) is 4.39 Å². The molecule has 1 N–H and O–H groups in total. The Kier molecular flexibility index (Phi) is 5.56. The van der Waals surface area contributed by atoms with E-state index < -0.39 is 11.7 Å². The van der Waals surface area contributed by atoms with E-state index >= 15 is 0 Å². The number of halogens is 1. The molecule has 6 heteroatoms. The number of nitriles is 1. The van der Waals surface area contributed by atoms with Crippen LogP contribution in [0.3, 0.4) is 0 Å². The molecule has 0 atom stereocenters. The molecule has 0 saturated carbocycles. The van der Waals surface area contributed by atoms with Crippen LogP contribution in [0.1, 0.15) is 11.3 Å². The van der Waals surface area contributed by atoms with Gasteiger partial charge in [-0.1, -0.05) is 0 Å². The number of carbonyl (C=O) groups is 1. The Balaban J connectivity index is 1.83. The van der Waals surface area contributed by atoms with Crippen LogP contribution in [-0.2, 0) is 4.79 Å². The fourth-order valence-corrected chi connectivity index (χ4v) is 2.75. The van der Waals surface area contributed by atoms with E-state index in [4.69, 9.17) is 4.74 Å². The van der Waals surface area contributed by atoms with Crippen molar-refractivity contribution in [3.8, 4) is 17.5 Å². The number of anilines is 1. The van der Waals surface area contributed by atoms with Crippen molar-refractivity contribution < 1.29 is 13.9 Å². The molecule has 0 aliphatic heterocycles. The normalized spacial score (nSPS) is 11.0. The van der Waals surface area contributed by atoms with Crippen molar-refractivity contribution in [1.29, 1.82) is 5.26 Å². The van der Waals surface area contributed by atoms with Crippen molar-refractivity contribution >= 4 is 17.7 Å². The van der Waals surface area contributed by atoms with Crippen LogP contribution < -0.4 is 10.1 Å². The second-order valence-corrected chi connectivity index (χ2v) is 6.11. The minimum absolute atomic E-state index is 0.0452. The summed E-state index contributed by atoms with van der Waals surface area (Å²) in [5.41, 5.74) is 2.98. The molecule has 3 aromatic rings. The SMILES string of the molecule is COc1ccc(-n2cc(/C=C(\C#N)C(=O)Nc3ccc(F)cc3)cc2C)cc1. The quantitative estimate of drug-likeness (QED) is 0.528. The van der Waals surface area contributed by atoms with Gasteiger partial charge in [-0.15, -0.1) is 0 Å². The van der Waals surface area contributed by atoms with Gasteiger partial charge in [0.15, 0.2) is 0 Å². The molecular formula is C22H18FN3O2. The molecule has 1 amide bonds. The Bertz CT molecular complexity index is 1060. The van der Waals surface area contributed by atoms with Crippen molar-refractivity contribution in [1.82, 2.24) is 4.57 Å². The number of rotatable bonds is 5. The number of hydrogen-bond donors (Lipinski definition) is 1. The summed E-state index contributed by atoms with van der Waals surface area (Å²) in [4.78, 5) is 12.3. The predicted molar refractivity (Wildman–Crippen MR) is 106 cm³/mol. The minimum atomic E-state index is -0.552. The van der Waals surface area contributed by atoms with Crippen LogP contribution >= 0.6 is 0 Å². The molecular weight excluding hydrogens is 357 g/mol. The van der Waals surface area contributed by atoms with Crippen molar-refractivity contribution in [3.05, 3.63) is 83.4 Å². The van der Waals surface area contributed by atoms with Crippen LogP contribution in [0.5, 0.6) is 5.75 Å². The van der Waals surface area contributed by atoms with Gasteiger partial charge in [-0.2, -0.15) is 5.26 Å². The first-order valence-electron chi connectivity index (χ1n) is 8.52. The van der Waals surface area contributed by atoms with Gasteiger partial charge < -0.3 is 14.6 Å². The Labute approximate surface area is 162 Å². The van der Waals surface area contributed by atoms with Crippen molar-refractivity contribution in [2.24, 2.45) is 0 Å². The van der Waals surface area contributed by atoms with E-state index in [2.05, 4.69) is 5.32 Å². The number of benzene rings is 2. The number of amides is 1. The monoisotopic (exact) mass is 375 g/mol. The first-order valence-corrected chi connectivity index (χ1v) is 8.52. The fourth-order valence-electron chi connectivity index (χ4n) is 2.75. The molecule has 5 nitrogen and oxygen atoms in total. The largest absolute Gasteiger partial charge is 0.497 e. The van der Waals surface area contributed by atoms with Crippen LogP contribution in [-0.4, -0.2) is 17.6 Å².